The molecule has 0 saturated heterocycles. The van der Waals surface area contributed by atoms with Gasteiger partial charge < -0.3 is 10.7 Å². The third-order valence-corrected chi connectivity index (χ3v) is 2.75. The van der Waals surface area contributed by atoms with Crippen LogP contribution in [0, 0.1) is 11.8 Å². The minimum absolute atomic E-state index is 0.0313. The number of nitrogens with zero attached hydrogens (tertiary/aromatic N) is 1. The molecule has 0 radical (unpaired) electrons. The van der Waals surface area contributed by atoms with Gasteiger partial charge in [-0.25, -0.2) is 14.2 Å². The fourth-order valence-electron chi connectivity index (χ4n) is 2.06. The Morgan fingerprint density at radius 3 is 2.25 bits per heavy atom. The summed E-state index contributed by atoms with van der Waals surface area (Å²) < 4.78 is 24.9. The first-order valence-corrected chi connectivity index (χ1v) is 5.66. The number of nitrogens with two attached hydrogens (primary N) is 1. The molecule has 0 saturated carbocycles. The molecule has 0 amide bonds. The van der Waals surface area contributed by atoms with Gasteiger partial charge in [0.1, 0.15) is 0 Å². The molecule has 1 rings (SSSR count). The van der Waals surface area contributed by atoms with Gasteiger partial charge in [-0.1, -0.05) is 27.7 Å². The molecule has 1 atom stereocenters. The number of hydrogen-bond acceptors (Lipinski definition) is 3. The average Bonchev–Trinajstić information content (AvgIpc) is 2.41. The molecule has 3 N–H and O–H groups in total. The molecule has 1 unspecified atom stereocenters. The van der Waals surface area contributed by atoms with Crippen LogP contribution in [0.3, 0.4) is 0 Å². The molecule has 0 aromatic heterocycles. The molecular weight excluding hydrogens is 212 g/mol. The maximum absolute atomic E-state index is 12.4. The monoisotopic (exact) mass is 233 g/mol. The maximum atomic E-state index is 12.4. The smallest absolute Gasteiger partial charge is 0.257 e. The summed E-state index contributed by atoms with van der Waals surface area (Å²) in [5.41, 5.74) is 10.6. The third-order valence-electron chi connectivity index (χ3n) is 2.75. The van der Waals surface area contributed by atoms with Crippen LogP contribution in [0.25, 0.3) is 0 Å². The van der Waals surface area contributed by atoms with Crippen molar-refractivity contribution < 1.29 is 8.78 Å². The minimum Gasteiger partial charge on any atom is -0.399 e. The molecule has 0 spiro atoms. The van der Waals surface area contributed by atoms with Crippen LogP contribution in [-0.4, -0.2) is 24.0 Å². The molecule has 16 heavy (non-hydrogen) atoms. The highest BCUT2D eigenvalue weighted by molar-refractivity contribution is 5.23. The van der Waals surface area contributed by atoms with Crippen LogP contribution in [-0.2, 0) is 0 Å². The number of alkyl halides is 2. The molecule has 1 aliphatic rings. The van der Waals surface area contributed by atoms with Gasteiger partial charge in [0.25, 0.3) is 6.43 Å². The lowest BCUT2D eigenvalue weighted by Gasteiger charge is -2.25. The van der Waals surface area contributed by atoms with E-state index in [0.29, 0.717) is 5.70 Å². The van der Waals surface area contributed by atoms with E-state index in [9.17, 15) is 8.78 Å². The van der Waals surface area contributed by atoms with E-state index in [2.05, 4.69) is 5.43 Å². The van der Waals surface area contributed by atoms with Gasteiger partial charge in [0.2, 0.25) is 0 Å². The highest BCUT2D eigenvalue weighted by Crippen LogP contribution is 2.27. The molecule has 5 heteroatoms. The number of nitrogens with one attached hydrogen (secondary N) is 1. The van der Waals surface area contributed by atoms with Crippen LogP contribution in [0.15, 0.2) is 11.4 Å². The number of allylic oxidation sites excluding steroid dienone is 1. The van der Waals surface area contributed by atoms with E-state index in [1.807, 2.05) is 27.7 Å². The van der Waals surface area contributed by atoms with Crippen LogP contribution in [0.5, 0.6) is 0 Å². The second-order valence-electron chi connectivity index (χ2n) is 4.85. The highest BCUT2D eigenvalue weighted by Gasteiger charge is 2.33. The highest BCUT2D eigenvalue weighted by atomic mass is 19.3. The summed E-state index contributed by atoms with van der Waals surface area (Å²) in [4.78, 5) is 0. The predicted molar refractivity (Wildman–Crippen MR) is 60.5 cm³/mol. The van der Waals surface area contributed by atoms with E-state index in [-0.39, 0.29) is 24.4 Å². The molecule has 94 valence electrons. The fraction of sp³-hybridized carbons (Fsp3) is 0.818. The van der Waals surface area contributed by atoms with E-state index < -0.39 is 6.43 Å². The van der Waals surface area contributed by atoms with Crippen molar-refractivity contribution >= 4 is 0 Å². The minimum atomic E-state index is -2.36. The van der Waals surface area contributed by atoms with Gasteiger partial charge in [-0.05, 0) is 11.8 Å². The van der Waals surface area contributed by atoms with Crippen LogP contribution in [0.2, 0.25) is 0 Å². The molecule has 0 fully saturated rings. The van der Waals surface area contributed by atoms with Gasteiger partial charge in [-0.3, -0.25) is 0 Å². The van der Waals surface area contributed by atoms with Gasteiger partial charge in [0, 0.05) is 5.70 Å². The average molecular weight is 233 g/mol. The standard InChI is InChI=1S/C11H21F2N3/c1-6(2)10-9(14)11(7(3)4)16(15-10)5-8(12)13/h6-8,10,15H,5,14H2,1-4H3. The van der Waals surface area contributed by atoms with E-state index in [1.54, 1.807) is 0 Å². The van der Waals surface area contributed by atoms with E-state index >= 15 is 0 Å². The largest absolute Gasteiger partial charge is 0.399 e. The summed E-state index contributed by atoms with van der Waals surface area (Å²) >= 11 is 0. The second-order valence-corrected chi connectivity index (χ2v) is 4.85. The first-order valence-electron chi connectivity index (χ1n) is 5.66. The van der Waals surface area contributed by atoms with Crippen molar-refractivity contribution in [1.29, 1.82) is 0 Å². The van der Waals surface area contributed by atoms with Crippen molar-refractivity contribution in [2.75, 3.05) is 6.54 Å². The maximum Gasteiger partial charge on any atom is 0.257 e. The zero-order chi connectivity index (χ0) is 12.5. The summed E-state index contributed by atoms with van der Waals surface area (Å²) in [5.74, 6) is 0.437. The van der Waals surface area contributed by atoms with Crippen molar-refractivity contribution in [1.82, 2.24) is 10.4 Å². The van der Waals surface area contributed by atoms with Crippen molar-refractivity contribution in [2.24, 2.45) is 17.6 Å². The molecular formula is C11H21F2N3. The van der Waals surface area contributed by atoms with Gasteiger partial charge >= 0.3 is 0 Å². The van der Waals surface area contributed by atoms with Gasteiger partial charge in [-0.15, -0.1) is 0 Å². The van der Waals surface area contributed by atoms with Gasteiger partial charge in [0.15, 0.2) is 0 Å². The van der Waals surface area contributed by atoms with E-state index in [0.717, 1.165) is 5.70 Å². The molecule has 1 aliphatic heterocycles. The van der Waals surface area contributed by atoms with E-state index in [1.165, 1.54) is 5.01 Å². The Kier molecular flexibility index (Phi) is 4.13. The first kappa shape index (κ1) is 13.2. The Morgan fingerprint density at radius 1 is 1.31 bits per heavy atom. The van der Waals surface area contributed by atoms with Crippen molar-refractivity contribution in [3.63, 3.8) is 0 Å². The quantitative estimate of drug-likeness (QED) is 0.779. The molecule has 1 heterocycles. The van der Waals surface area contributed by atoms with E-state index in [4.69, 9.17) is 5.73 Å². The Hall–Kier alpha value is -0.840. The number of hydrogen-bond donors (Lipinski definition) is 2. The lowest BCUT2D eigenvalue weighted by molar-refractivity contribution is 0.0766. The lowest BCUT2D eigenvalue weighted by Crippen LogP contribution is -2.43. The summed E-state index contributed by atoms with van der Waals surface area (Å²) in [6, 6.07) is -0.0313. The third kappa shape index (κ3) is 2.64. The summed E-state index contributed by atoms with van der Waals surface area (Å²) in [7, 11) is 0. The zero-order valence-electron chi connectivity index (χ0n) is 10.3. The zero-order valence-corrected chi connectivity index (χ0v) is 10.3. The summed E-state index contributed by atoms with van der Waals surface area (Å²) in [6.45, 7) is 7.66. The normalized spacial score (nSPS) is 22.1. The Morgan fingerprint density at radius 2 is 1.88 bits per heavy atom. The summed E-state index contributed by atoms with van der Waals surface area (Å²) in [5, 5.41) is 1.51. The SMILES string of the molecule is CC(C)C1=C(N)C(C(C)C)NN1CC(F)F. The Labute approximate surface area is 95.6 Å². The van der Waals surface area contributed by atoms with Crippen molar-refractivity contribution in [3.8, 4) is 0 Å². The molecule has 3 nitrogen and oxygen atoms in total. The topological polar surface area (TPSA) is 41.3 Å². The second kappa shape index (κ2) is 4.99. The molecule has 0 aromatic carbocycles. The van der Waals surface area contributed by atoms with Gasteiger partial charge in [0.05, 0.1) is 18.3 Å². The Balaban J connectivity index is 2.90. The first-order chi connectivity index (χ1) is 7.34. The van der Waals surface area contributed by atoms with Crippen LogP contribution < -0.4 is 11.2 Å². The summed E-state index contributed by atoms with van der Waals surface area (Å²) in [6.07, 6.45) is -2.36. The number of rotatable bonds is 4. The molecule has 0 aliphatic carbocycles. The van der Waals surface area contributed by atoms with Crippen molar-refractivity contribution in [2.45, 2.75) is 40.2 Å². The molecule has 0 aromatic rings. The Bertz CT molecular complexity index is 274. The van der Waals surface area contributed by atoms with Crippen molar-refractivity contribution in [3.05, 3.63) is 11.4 Å². The van der Waals surface area contributed by atoms with Crippen LogP contribution >= 0.6 is 0 Å². The molecule has 0 bridgehead atoms. The van der Waals surface area contributed by atoms with Gasteiger partial charge in [-0.2, -0.15) is 0 Å². The lowest BCUT2D eigenvalue weighted by atomic mass is 9.99. The number of halogens is 2. The predicted octanol–water partition coefficient (Wildman–Crippen LogP) is 1.92. The van der Waals surface area contributed by atoms with Crippen LogP contribution in [0.1, 0.15) is 27.7 Å². The fourth-order valence-corrected chi connectivity index (χ4v) is 2.06. The number of hydrazine groups is 1. The van der Waals surface area contributed by atoms with Crippen LogP contribution in [0.4, 0.5) is 8.78 Å².